The number of rotatable bonds is 5. The van der Waals surface area contributed by atoms with Crippen molar-refractivity contribution in [3.8, 4) is 0 Å². The SMILES string of the molecule is Cc1cc(C)n(C[C@H](C)NCc2cnc(C)c(C)c2)n1. The molecule has 0 unspecified atom stereocenters. The Labute approximate surface area is 121 Å². The van der Waals surface area contributed by atoms with Gasteiger partial charge in [-0.3, -0.25) is 9.67 Å². The van der Waals surface area contributed by atoms with E-state index >= 15 is 0 Å². The molecule has 0 aliphatic rings. The minimum absolute atomic E-state index is 0.370. The fraction of sp³-hybridized carbons (Fsp3) is 0.500. The third-order valence-electron chi connectivity index (χ3n) is 3.60. The van der Waals surface area contributed by atoms with Crippen molar-refractivity contribution in [2.45, 2.75) is 53.8 Å². The van der Waals surface area contributed by atoms with E-state index in [4.69, 9.17) is 0 Å². The Hall–Kier alpha value is -1.68. The quantitative estimate of drug-likeness (QED) is 0.910. The highest BCUT2D eigenvalue weighted by atomic mass is 15.3. The molecule has 0 radical (unpaired) electrons. The monoisotopic (exact) mass is 272 g/mol. The van der Waals surface area contributed by atoms with Crippen LogP contribution in [-0.4, -0.2) is 20.8 Å². The van der Waals surface area contributed by atoms with Gasteiger partial charge < -0.3 is 5.32 Å². The van der Waals surface area contributed by atoms with Crippen LogP contribution in [0.15, 0.2) is 18.3 Å². The van der Waals surface area contributed by atoms with E-state index in [0.717, 1.165) is 24.5 Å². The predicted molar refractivity (Wildman–Crippen MR) is 81.7 cm³/mol. The van der Waals surface area contributed by atoms with Gasteiger partial charge in [0, 0.05) is 30.2 Å². The predicted octanol–water partition coefficient (Wildman–Crippen LogP) is 2.69. The average Bonchev–Trinajstić information content (AvgIpc) is 2.69. The smallest absolute Gasteiger partial charge is 0.0596 e. The van der Waals surface area contributed by atoms with Gasteiger partial charge in [-0.25, -0.2) is 0 Å². The van der Waals surface area contributed by atoms with Crippen LogP contribution >= 0.6 is 0 Å². The normalized spacial score (nSPS) is 12.7. The summed E-state index contributed by atoms with van der Waals surface area (Å²) in [5.41, 5.74) is 5.87. The summed E-state index contributed by atoms with van der Waals surface area (Å²) in [5, 5.41) is 8.02. The summed E-state index contributed by atoms with van der Waals surface area (Å²) >= 11 is 0. The highest BCUT2D eigenvalue weighted by Gasteiger charge is 2.07. The second-order valence-corrected chi connectivity index (χ2v) is 5.64. The number of nitrogens with zero attached hydrogens (tertiary/aromatic N) is 3. The lowest BCUT2D eigenvalue weighted by Gasteiger charge is -2.15. The molecule has 0 aliphatic carbocycles. The Morgan fingerprint density at radius 3 is 2.55 bits per heavy atom. The van der Waals surface area contributed by atoms with Crippen molar-refractivity contribution in [1.29, 1.82) is 0 Å². The molecular weight excluding hydrogens is 248 g/mol. The molecule has 2 heterocycles. The number of aromatic nitrogens is 3. The van der Waals surface area contributed by atoms with E-state index in [2.05, 4.69) is 53.0 Å². The van der Waals surface area contributed by atoms with Crippen molar-refractivity contribution in [2.24, 2.45) is 0 Å². The van der Waals surface area contributed by atoms with Crippen LogP contribution in [0.3, 0.4) is 0 Å². The summed E-state index contributed by atoms with van der Waals surface area (Å²) in [6, 6.07) is 4.68. The fourth-order valence-corrected chi connectivity index (χ4v) is 2.27. The molecule has 1 atom stereocenters. The van der Waals surface area contributed by atoms with Gasteiger partial charge in [-0.2, -0.15) is 5.10 Å². The number of pyridine rings is 1. The Morgan fingerprint density at radius 2 is 1.95 bits per heavy atom. The van der Waals surface area contributed by atoms with Gasteiger partial charge in [0.2, 0.25) is 0 Å². The van der Waals surface area contributed by atoms with Gasteiger partial charge in [0.1, 0.15) is 0 Å². The first-order chi connectivity index (χ1) is 9.45. The maximum absolute atomic E-state index is 4.50. The number of hydrogen-bond donors (Lipinski definition) is 1. The number of nitrogens with one attached hydrogen (secondary N) is 1. The van der Waals surface area contributed by atoms with Crippen LogP contribution in [0.5, 0.6) is 0 Å². The molecule has 0 aromatic carbocycles. The van der Waals surface area contributed by atoms with Crippen molar-refractivity contribution >= 4 is 0 Å². The van der Waals surface area contributed by atoms with Gasteiger partial charge in [-0.1, -0.05) is 6.07 Å². The number of aryl methyl sites for hydroxylation is 4. The molecule has 0 fully saturated rings. The Balaban J connectivity index is 1.90. The molecule has 2 aromatic rings. The van der Waals surface area contributed by atoms with Crippen LogP contribution in [0.4, 0.5) is 0 Å². The van der Waals surface area contributed by atoms with E-state index in [1.165, 1.54) is 16.8 Å². The molecule has 0 saturated heterocycles. The highest BCUT2D eigenvalue weighted by Crippen LogP contribution is 2.07. The molecule has 0 amide bonds. The van der Waals surface area contributed by atoms with Crippen molar-refractivity contribution in [2.75, 3.05) is 0 Å². The Kier molecular flexibility index (Phi) is 4.55. The Bertz CT molecular complexity index is 586. The highest BCUT2D eigenvalue weighted by molar-refractivity contribution is 5.22. The molecule has 20 heavy (non-hydrogen) atoms. The zero-order chi connectivity index (χ0) is 14.7. The third kappa shape index (κ3) is 3.67. The maximum atomic E-state index is 4.50. The summed E-state index contributed by atoms with van der Waals surface area (Å²) < 4.78 is 2.06. The second kappa shape index (κ2) is 6.18. The van der Waals surface area contributed by atoms with Crippen LogP contribution in [0.2, 0.25) is 0 Å². The lowest BCUT2D eigenvalue weighted by atomic mass is 10.1. The van der Waals surface area contributed by atoms with Gasteiger partial charge >= 0.3 is 0 Å². The summed E-state index contributed by atoms with van der Waals surface area (Å²) in [7, 11) is 0. The molecule has 0 aliphatic heterocycles. The van der Waals surface area contributed by atoms with Crippen LogP contribution in [0.25, 0.3) is 0 Å². The zero-order valence-corrected chi connectivity index (χ0v) is 13.1. The summed E-state index contributed by atoms with van der Waals surface area (Å²) in [5.74, 6) is 0. The fourth-order valence-electron chi connectivity index (χ4n) is 2.27. The van der Waals surface area contributed by atoms with Crippen LogP contribution in [0, 0.1) is 27.7 Å². The summed E-state index contributed by atoms with van der Waals surface area (Å²) in [6.45, 7) is 12.2. The lowest BCUT2D eigenvalue weighted by Crippen LogP contribution is -2.30. The first-order valence-corrected chi connectivity index (χ1v) is 7.12. The van der Waals surface area contributed by atoms with Crippen LogP contribution in [-0.2, 0) is 13.1 Å². The molecule has 2 aromatic heterocycles. The largest absolute Gasteiger partial charge is 0.308 e. The van der Waals surface area contributed by atoms with E-state index in [0.29, 0.717) is 6.04 Å². The lowest BCUT2D eigenvalue weighted by molar-refractivity contribution is 0.443. The van der Waals surface area contributed by atoms with Gasteiger partial charge in [0.05, 0.1) is 12.2 Å². The molecule has 108 valence electrons. The first kappa shape index (κ1) is 14.7. The van der Waals surface area contributed by atoms with Crippen molar-refractivity contribution < 1.29 is 0 Å². The van der Waals surface area contributed by atoms with Gasteiger partial charge in [0.15, 0.2) is 0 Å². The second-order valence-electron chi connectivity index (χ2n) is 5.64. The molecule has 4 nitrogen and oxygen atoms in total. The zero-order valence-electron chi connectivity index (χ0n) is 13.1. The topological polar surface area (TPSA) is 42.7 Å². The molecule has 2 rings (SSSR count). The van der Waals surface area contributed by atoms with Crippen molar-refractivity contribution in [3.63, 3.8) is 0 Å². The van der Waals surface area contributed by atoms with Crippen molar-refractivity contribution in [3.05, 3.63) is 46.5 Å². The molecule has 0 saturated carbocycles. The molecule has 4 heteroatoms. The van der Waals surface area contributed by atoms with Crippen LogP contribution in [0.1, 0.15) is 35.1 Å². The van der Waals surface area contributed by atoms with Gasteiger partial charge in [-0.15, -0.1) is 0 Å². The minimum atomic E-state index is 0.370. The minimum Gasteiger partial charge on any atom is -0.308 e. The van der Waals surface area contributed by atoms with E-state index in [9.17, 15) is 0 Å². The maximum Gasteiger partial charge on any atom is 0.0596 e. The molecular formula is C16H24N4. The van der Waals surface area contributed by atoms with E-state index in [-0.39, 0.29) is 0 Å². The average molecular weight is 272 g/mol. The van der Waals surface area contributed by atoms with E-state index in [1.54, 1.807) is 0 Å². The third-order valence-corrected chi connectivity index (χ3v) is 3.60. The van der Waals surface area contributed by atoms with E-state index < -0.39 is 0 Å². The van der Waals surface area contributed by atoms with Crippen molar-refractivity contribution in [1.82, 2.24) is 20.1 Å². The number of hydrogen-bond acceptors (Lipinski definition) is 3. The standard InChI is InChI=1S/C16H24N4/c1-11-6-16(9-18-15(11)5)8-17-13(3)10-20-14(4)7-12(2)19-20/h6-7,9,13,17H,8,10H2,1-5H3/t13-/m0/s1. The molecule has 0 spiro atoms. The van der Waals surface area contributed by atoms with Gasteiger partial charge in [0.25, 0.3) is 0 Å². The molecule has 1 N–H and O–H groups in total. The van der Waals surface area contributed by atoms with Crippen LogP contribution < -0.4 is 5.32 Å². The first-order valence-electron chi connectivity index (χ1n) is 7.12. The molecule has 0 bridgehead atoms. The van der Waals surface area contributed by atoms with Gasteiger partial charge in [-0.05, 0) is 51.8 Å². The Morgan fingerprint density at radius 1 is 1.20 bits per heavy atom. The van der Waals surface area contributed by atoms with E-state index in [1.807, 2.05) is 20.0 Å². The summed E-state index contributed by atoms with van der Waals surface area (Å²) in [4.78, 5) is 4.40. The summed E-state index contributed by atoms with van der Waals surface area (Å²) in [6.07, 6.45) is 1.95.